The average Bonchev–Trinajstić information content (AvgIpc) is 2.65. The van der Waals surface area contributed by atoms with Gasteiger partial charge < -0.3 is 10.5 Å². The van der Waals surface area contributed by atoms with Crippen molar-refractivity contribution in [2.24, 2.45) is 11.7 Å². The van der Waals surface area contributed by atoms with Crippen molar-refractivity contribution < 1.29 is 4.74 Å². The second-order valence-electron chi connectivity index (χ2n) is 6.01. The maximum atomic E-state index is 6.28. The summed E-state index contributed by atoms with van der Waals surface area (Å²) in [6, 6.07) is 0.290. The molecule has 0 spiro atoms. The lowest BCUT2D eigenvalue weighted by molar-refractivity contribution is 0.0229. The van der Waals surface area contributed by atoms with E-state index in [0.717, 1.165) is 12.5 Å². The zero-order chi connectivity index (χ0) is 11.9. The van der Waals surface area contributed by atoms with E-state index in [0.29, 0.717) is 12.1 Å². The minimum Gasteiger partial charge on any atom is -0.377 e. The van der Waals surface area contributed by atoms with Crippen LogP contribution in [0.25, 0.3) is 0 Å². The van der Waals surface area contributed by atoms with Crippen molar-refractivity contribution in [1.82, 2.24) is 0 Å². The molecule has 0 saturated heterocycles. The van der Waals surface area contributed by atoms with Gasteiger partial charge in [-0.3, -0.25) is 0 Å². The molecule has 0 aliphatic heterocycles. The Hall–Kier alpha value is -0.0800. The van der Waals surface area contributed by atoms with Crippen molar-refractivity contribution in [3.8, 4) is 0 Å². The molecule has 2 aliphatic rings. The third kappa shape index (κ3) is 4.59. The molecule has 2 N–H and O–H groups in total. The van der Waals surface area contributed by atoms with Crippen LogP contribution < -0.4 is 5.73 Å². The highest BCUT2D eigenvalue weighted by atomic mass is 16.5. The van der Waals surface area contributed by atoms with Crippen LogP contribution >= 0.6 is 0 Å². The van der Waals surface area contributed by atoms with E-state index in [2.05, 4.69) is 0 Å². The van der Waals surface area contributed by atoms with Crippen molar-refractivity contribution in [2.45, 2.75) is 82.8 Å². The Kier molecular flexibility index (Phi) is 5.79. The molecule has 1 atom stereocenters. The standard InChI is InChI=1S/C15H29NO/c16-15(13-8-4-3-5-9-13)12-17-14-10-6-1-2-7-11-14/h13-15H,1-12,16H2. The lowest BCUT2D eigenvalue weighted by Gasteiger charge is -2.28. The molecular weight excluding hydrogens is 210 g/mol. The van der Waals surface area contributed by atoms with Gasteiger partial charge in [0.05, 0.1) is 12.7 Å². The Balaban J connectivity index is 1.65. The molecule has 0 bridgehead atoms. The Labute approximate surface area is 106 Å². The number of rotatable bonds is 4. The maximum absolute atomic E-state index is 6.28. The summed E-state index contributed by atoms with van der Waals surface area (Å²) in [7, 11) is 0. The highest BCUT2D eigenvalue weighted by Gasteiger charge is 2.22. The summed E-state index contributed by atoms with van der Waals surface area (Å²) in [6.45, 7) is 0.801. The summed E-state index contributed by atoms with van der Waals surface area (Å²) in [5.41, 5.74) is 6.28. The first kappa shape index (κ1) is 13.4. The molecule has 17 heavy (non-hydrogen) atoms. The van der Waals surface area contributed by atoms with E-state index < -0.39 is 0 Å². The highest BCUT2D eigenvalue weighted by molar-refractivity contribution is 4.77. The van der Waals surface area contributed by atoms with Crippen molar-refractivity contribution >= 4 is 0 Å². The molecule has 1 unspecified atom stereocenters. The average molecular weight is 239 g/mol. The third-order valence-electron chi connectivity index (χ3n) is 4.58. The topological polar surface area (TPSA) is 35.2 Å². The molecule has 0 aromatic heterocycles. The van der Waals surface area contributed by atoms with E-state index in [4.69, 9.17) is 10.5 Å². The molecule has 2 saturated carbocycles. The molecule has 2 nitrogen and oxygen atoms in total. The van der Waals surface area contributed by atoms with E-state index >= 15 is 0 Å². The second kappa shape index (κ2) is 7.38. The molecule has 2 aliphatic carbocycles. The van der Waals surface area contributed by atoms with Crippen molar-refractivity contribution in [3.63, 3.8) is 0 Å². The van der Waals surface area contributed by atoms with Crippen LogP contribution in [0.1, 0.15) is 70.6 Å². The SMILES string of the molecule is NC(COC1CCCCCC1)C1CCCCC1. The Morgan fingerprint density at radius 2 is 1.35 bits per heavy atom. The minimum atomic E-state index is 0.290. The zero-order valence-electron chi connectivity index (χ0n) is 11.2. The number of nitrogens with two attached hydrogens (primary N) is 1. The summed E-state index contributed by atoms with van der Waals surface area (Å²) in [5, 5.41) is 0. The quantitative estimate of drug-likeness (QED) is 0.760. The van der Waals surface area contributed by atoms with Gasteiger partial charge in [-0.1, -0.05) is 44.9 Å². The van der Waals surface area contributed by atoms with Crippen LogP contribution in [-0.2, 0) is 4.74 Å². The minimum absolute atomic E-state index is 0.290. The number of hydrogen-bond donors (Lipinski definition) is 1. The zero-order valence-corrected chi connectivity index (χ0v) is 11.2. The first-order valence-corrected chi connectivity index (χ1v) is 7.73. The molecule has 0 amide bonds. The monoisotopic (exact) mass is 239 g/mol. The predicted octanol–water partition coefficient (Wildman–Crippen LogP) is 3.63. The summed E-state index contributed by atoms with van der Waals surface area (Å²) in [6.07, 6.45) is 15.3. The first-order chi connectivity index (χ1) is 8.36. The molecule has 2 fully saturated rings. The molecule has 0 aromatic carbocycles. The van der Waals surface area contributed by atoms with Crippen LogP contribution in [0.3, 0.4) is 0 Å². The number of ether oxygens (including phenoxy) is 1. The Morgan fingerprint density at radius 3 is 2.00 bits per heavy atom. The van der Waals surface area contributed by atoms with Gasteiger partial charge in [0.25, 0.3) is 0 Å². The maximum Gasteiger partial charge on any atom is 0.0623 e. The van der Waals surface area contributed by atoms with Gasteiger partial charge >= 0.3 is 0 Å². The lowest BCUT2D eigenvalue weighted by Crippen LogP contribution is -2.37. The molecule has 0 heterocycles. The Bertz CT molecular complexity index is 193. The third-order valence-corrected chi connectivity index (χ3v) is 4.58. The van der Waals surface area contributed by atoms with Crippen LogP contribution in [0.15, 0.2) is 0 Å². The smallest absolute Gasteiger partial charge is 0.0623 e. The van der Waals surface area contributed by atoms with E-state index in [1.165, 1.54) is 70.6 Å². The largest absolute Gasteiger partial charge is 0.377 e. The van der Waals surface area contributed by atoms with Gasteiger partial charge in [0.1, 0.15) is 0 Å². The van der Waals surface area contributed by atoms with E-state index in [9.17, 15) is 0 Å². The van der Waals surface area contributed by atoms with Crippen molar-refractivity contribution in [1.29, 1.82) is 0 Å². The van der Waals surface area contributed by atoms with Gasteiger partial charge in [0.2, 0.25) is 0 Å². The second-order valence-corrected chi connectivity index (χ2v) is 6.01. The van der Waals surface area contributed by atoms with Crippen molar-refractivity contribution in [2.75, 3.05) is 6.61 Å². The van der Waals surface area contributed by atoms with Gasteiger partial charge in [-0.25, -0.2) is 0 Å². The van der Waals surface area contributed by atoms with E-state index in [1.807, 2.05) is 0 Å². The lowest BCUT2D eigenvalue weighted by atomic mass is 9.84. The van der Waals surface area contributed by atoms with Gasteiger partial charge in [-0.15, -0.1) is 0 Å². The van der Waals surface area contributed by atoms with Crippen LogP contribution in [0, 0.1) is 5.92 Å². The van der Waals surface area contributed by atoms with Gasteiger partial charge in [-0.05, 0) is 31.6 Å². The Morgan fingerprint density at radius 1 is 0.824 bits per heavy atom. The summed E-state index contributed by atoms with van der Waals surface area (Å²) in [4.78, 5) is 0. The predicted molar refractivity (Wildman–Crippen MR) is 72.0 cm³/mol. The fourth-order valence-corrected chi connectivity index (χ4v) is 3.35. The first-order valence-electron chi connectivity index (χ1n) is 7.73. The fourth-order valence-electron chi connectivity index (χ4n) is 3.35. The van der Waals surface area contributed by atoms with Gasteiger partial charge in [-0.2, -0.15) is 0 Å². The highest BCUT2D eigenvalue weighted by Crippen LogP contribution is 2.26. The molecule has 100 valence electrons. The van der Waals surface area contributed by atoms with Crippen molar-refractivity contribution in [3.05, 3.63) is 0 Å². The molecule has 2 rings (SSSR count). The molecule has 0 aromatic rings. The number of hydrogen-bond acceptors (Lipinski definition) is 2. The molecular formula is C15H29NO. The molecule has 0 radical (unpaired) electrons. The van der Waals surface area contributed by atoms with Crippen LogP contribution in [0.2, 0.25) is 0 Å². The van der Waals surface area contributed by atoms with E-state index in [1.54, 1.807) is 0 Å². The summed E-state index contributed by atoms with van der Waals surface area (Å²) < 4.78 is 6.05. The fraction of sp³-hybridized carbons (Fsp3) is 1.00. The summed E-state index contributed by atoms with van der Waals surface area (Å²) >= 11 is 0. The normalized spacial score (nSPS) is 26.6. The van der Waals surface area contributed by atoms with Gasteiger partial charge in [0.15, 0.2) is 0 Å². The summed E-state index contributed by atoms with van der Waals surface area (Å²) in [5.74, 6) is 0.731. The van der Waals surface area contributed by atoms with E-state index in [-0.39, 0.29) is 0 Å². The van der Waals surface area contributed by atoms with Crippen LogP contribution in [0.4, 0.5) is 0 Å². The van der Waals surface area contributed by atoms with Crippen LogP contribution in [-0.4, -0.2) is 18.8 Å². The van der Waals surface area contributed by atoms with Gasteiger partial charge in [0, 0.05) is 6.04 Å². The molecule has 2 heteroatoms. The van der Waals surface area contributed by atoms with Crippen LogP contribution in [0.5, 0.6) is 0 Å².